The Morgan fingerprint density at radius 1 is 1.00 bits per heavy atom. The molecule has 5 nitrogen and oxygen atoms in total. The average Bonchev–Trinajstić information content (AvgIpc) is 2.75. The van der Waals surface area contributed by atoms with Crippen LogP contribution in [0.1, 0.15) is 22.8 Å². The zero-order valence-electron chi connectivity index (χ0n) is 16.5. The molecular formula is C24H22N4O. The van der Waals surface area contributed by atoms with Crippen LogP contribution < -0.4 is 10.2 Å². The van der Waals surface area contributed by atoms with Crippen LogP contribution in [0, 0.1) is 6.92 Å². The van der Waals surface area contributed by atoms with Crippen LogP contribution in [0.2, 0.25) is 0 Å². The zero-order chi connectivity index (χ0) is 20.2. The third kappa shape index (κ3) is 3.94. The lowest BCUT2D eigenvalue weighted by atomic mass is 10.1. The van der Waals surface area contributed by atoms with Gasteiger partial charge in [-0.2, -0.15) is 0 Å². The lowest BCUT2D eigenvalue weighted by Gasteiger charge is -2.21. The van der Waals surface area contributed by atoms with E-state index in [9.17, 15) is 4.79 Å². The molecule has 1 amide bonds. The number of carbonyl (C=O) groups is 1. The highest BCUT2D eigenvalue weighted by molar-refractivity contribution is 6.06. The molecule has 0 saturated heterocycles. The first-order chi connectivity index (χ1) is 14.2. The van der Waals surface area contributed by atoms with Crippen molar-refractivity contribution in [2.75, 3.05) is 16.8 Å². The first-order valence-corrected chi connectivity index (χ1v) is 9.61. The molecule has 2 aromatic heterocycles. The molecule has 1 N–H and O–H groups in total. The number of anilines is 3. The van der Waals surface area contributed by atoms with Crippen molar-refractivity contribution in [3.05, 3.63) is 90.3 Å². The van der Waals surface area contributed by atoms with E-state index in [1.54, 1.807) is 23.4 Å². The molecule has 0 spiro atoms. The summed E-state index contributed by atoms with van der Waals surface area (Å²) >= 11 is 0. The van der Waals surface area contributed by atoms with E-state index in [-0.39, 0.29) is 5.91 Å². The maximum Gasteiger partial charge on any atom is 0.259 e. The van der Waals surface area contributed by atoms with Crippen molar-refractivity contribution >= 4 is 34.0 Å². The van der Waals surface area contributed by atoms with Crippen LogP contribution in [0.15, 0.2) is 79.1 Å². The number of amides is 1. The molecule has 2 heterocycles. The summed E-state index contributed by atoms with van der Waals surface area (Å²) in [6, 6.07) is 21.5. The molecule has 144 valence electrons. The Kier molecular flexibility index (Phi) is 5.20. The molecule has 0 saturated carbocycles. The number of nitrogens with zero attached hydrogens (tertiary/aromatic N) is 3. The van der Waals surface area contributed by atoms with E-state index in [0.29, 0.717) is 17.9 Å². The number of hydrogen-bond donors (Lipinski definition) is 1. The van der Waals surface area contributed by atoms with Gasteiger partial charge in [0.2, 0.25) is 0 Å². The number of para-hydroxylation sites is 1. The molecule has 0 aliphatic heterocycles. The van der Waals surface area contributed by atoms with E-state index < -0.39 is 0 Å². The van der Waals surface area contributed by atoms with Gasteiger partial charge < -0.3 is 10.2 Å². The lowest BCUT2D eigenvalue weighted by Crippen LogP contribution is -2.30. The average molecular weight is 382 g/mol. The Morgan fingerprint density at radius 2 is 1.83 bits per heavy atom. The van der Waals surface area contributed by atoms with Gasteiger partial charge in [-0.15, -0.1) is 0 Å². The van der Waals surface area contributed by atoms with Crippen molar-refractivity contribution in [2.45, 2.75) is 13.8 Å². The van der Waals surface area contributed by atoms with E-state index >= 15 is 0 Å². The predicted octanol–water partition coefficient (Wildman–Crippen LogP) is 5.35. The first-order valence-electron chi connectivity index (χ1n) is 9.61. The fourth-order valence-electron chi connectivity index (χ4n) is 3.33. The summed E-state index contributed by atoms with van der Waals surface area (Å²) in [5.74, 6) is 0.599. The Balaban J connectivity index is 1.56. The molecule has 0 atom stereocenters. The summed E-state index contributed by atoms with van der Waals surface area (Å²) in [5.41, 5.74) is 4.32. The zero-order valence-corrected chi connectivity index (χ0v) is 16.5. The standard InChI is InChI=1S/C24H22N4O/c1-3-28(20-10-4-7-17(2)15-20)24(29)19-12-13-22(26-16-19)27-21-11-5-8-18-9-6-14-25-23(18)21/h4-16H,3H2,1-2H3,(H,26,27). The second kappa shape index (κ2) is 8.10. The second-order valence-corrected chi connectivity index (χ2v) is 6.83. The van der Waals surface area contributed by atoms with Crippen molar-refractivity contribution in [3.63, 3.8) is 0 Å². The molecule has 4 aromatic rings. The van der Waals surface area contributed by atoms with E-state index in [4.69, 9.17) is 0 Å². The second-order valence-electron chi connectivity index (χ2n) is 6.83. The van der Waals surface area contributed by atoms with E-state index in [2.05, 4.69) is 15.3 Å². The van der Waals surface area contributed by atoms with Gasteiger partial charge in [0, 0.05) is 30.0 Å². The van der Waals surface area contributed by atoms with Crippen molar-refractivity contribution in [3.8, 4) is 0 Å². The number of nitrogens with one attached hydrogen (secondary N) is 1. The van der Waals surface area contributed by atoms with Gasteiger partial charge in [0.05, 0.1) is 16.8 Å². The predicted molar refractivity (Wildman–Crippen MR) is 118 cm³/mol. The van der Waals surface area contributed by atoms with Crippen LogP contribution in [-0.2, 0) is 0 Å². The highest BCUT2D eigenvalue weighted by atomic mass is 16.2. The summed E-state index contributed by atoms with van der Waals surface area (Å²) in [4.78, 5) is 23.6. The van der Waals surface area contributed by atoms with E-state index in [1.807, 2.05) is 74.5 Å². The maximum absolute atomic E-state index is 13.0. The molecule has 4 rings (SSSR count). The molecule has 0 aliphatic carbocycles. The lowest BCUT2D eigenvalue weighted by molar-refractivity contribution is 0.0988. The quantitative estimate of drug-likeness (QED) is 0.506. The highest BCUT2D eigenvalue weighted by Crippen LogP contribution is 2.24. The molecule has 2 aromatic carbocycles. The van der Waals surface area contributed by atoms with E-state index in [0.717, 1.165) is 27.8 Å². The van der Waals surface area contributed by atoms with Crippen molar-refractivity contribution in [2.24, 2.45) is 0 Å². The molecule has 29 heavy (non-hydrogen) atoms. The molecule has 0 fully saturated rings. The topological polar surface area (TPSA) is 58.1 Å². The fraction of sp³-hybridized carbons (Fsp3) is 0.125. The molecule has 0 aliphatic rings. The Morgan fingerprint density at radius 3 is 2.59 bits per heavy atom. The number of rotatable bonds is 5. The minimum Gasteiger partial charge on any atom is -0.338 e. The largest absolute Gasteiger partial charge is 0.338 e. The maximum atomic E-state index is 13.0. The van der Waals surface area contributed by atoms with E-state index in [1.165, 1.54) is 0 Å². The fourth-order valence-corrected chi connectivity index (χ4v) is 3.33. The van der Waals surface area contributed by atoms with Gasteiger partial charge in [0.1, 0.15) is 5.82 Å². The van der Waals surface area contributed by atoms with Crippen LogP contribution in [-0.4, -0.2) is 22.4 Å². The number of fused-ring (bicyclic) bond motifs is 1. The summed E-state index contributed by atoms with van der Waals surface area (Å²) in [6.07, 6.45) is 3.38. The Hall–Kier alpha value is -3.73. The van der Waals surface area contributed by atoms with Gasteiger partial charge in [0.15, 0.2) is 0 Å². The van der Waals surface area contributed by atoms with Crippen molar-refractivity contribution in [1.29, 1.82) is 0 Å². The summed E-state index contributed by atoms with van der Waals surface area (Å²) in [6.45, 7) is 4.58. The smallest absolute Gasteiger partial charge is 0.259 e. The summed E-state index contributed by atoms with van der Waals surface area (Å²) in [5, 5.41) is 4.35. The van der Waals surface area contributed by atoms with Crippen molar-refractivity contribution in [1.82, 2.24) is 9.97 Å². The highest BCUT2D eigenvalue weighted by Gasteiger charge is 2.16. The molecule has 5 heteroatoms. The third-order valence-corrected chi connectivity index (χ3v) is 4.78. The number of hydrogen-bond acceptors (Lipinski definition) is 4. The third-order valence-electron chi connectivity index (χ3n) is 4.78. The molecule has 0 unspecified atom stereocenters. The first kappa shape index (κ1) is 18.6. The number of aryl methyl sites for hydroxylation is 1. The Bertz CT molecular complexity index is 1150. The van der Waals surface area contributed by atoms with Crippen LogP contribution >= 0.6 is 0 Å². The monoisotopic (exact) mass is 382 g/mol. The number of pyridine rings is 2. The van der Waals surface area contributed by atoms with Crippen LogP contribution in [0.25, 0.3) is 10.9 Å². The number of benzene rings is 2. The van der Waals surface area contributed by atoms with Crippen LogP contribution in [0.3, 0.4) is 0 Å². The molecule has 0 bridgehead atoms. The number of carbonyl (C=O) groups excluding carboxylic acids is 1. The van der Waals surface area contributed by atoms with Gasteiger partial charge in [-0.05, 0) is 55.8 Å². The van der Waals surface area contributed by atoms with Gasteiger partial charge in [-0.3, -0.25) is 9.78 Å². The SMILES string of the molecule is CCN(C(=O)c1ccc(Nc2cccc3cccnc23)nc1)c1cccc(C)c1. The minimum absolute atomic E-state index is 0.0658. The molecular weight excluding hydrogens is 360 g/mol. The summed E-state index contributed by atoms with van der Waals surface area (Å²) in [7, 11) is 0. The van der Waals surface area contributed by atoms with Gasteiger partial charge >= 0.3 is 0 Å². The molecule has 0 radical (unpaired) electrons. The summed E-state index contributed by atoms with van der Waals surface area (Å²) < 4.78 is 0. The minimum atomic E-state index is -0.0658. The van der Waals surface area contributed by atoms with Crippen LogP contribution in [0.4, 0.5) is 17.2 Å². The van der Waals surface area contributed by atoms with Crippen LogP contribution in [0.5, 0.6) is 0 Å². The van der Waals surface area contributed by atoms with Gasteiger partial charge in [-0.1, -0.05) is 30.3 Å². The van der Waals surface area contributed by atoms with Crippen molar-refractivity contribution < 1.29 is 4.79 Å². The Labute approximate surface area is 170 Å². The van der Waals surface area contributed by atoms with Gasteiger partial charge in [-0.25, -0.2) is 4.98 Å². The normalized spacial score (nSPS) is 10.7. The van der Waals surface area contributed by atoms with Gasteiger partial charge in [0.25, 0.3) is 5.91 Å². The number of aromatic nitrogens is 2.